The van der Waals surface area contributed by atoms with Crippen molar-refractivity contribution in [3.63, 3.8) is 0 Å². The van der Waals surface area contributed by atoms with Crippen molar-refractivity contribution >= 4 is 11.9 Å². The second-order valence-electron chi connectivity index (χ2n) is 1.44. The van der Waals surface area contributed by atoms with Gasteiger partial charge in [-0.15, -0.1) is 13.2 Å². The van der Waals surface area contributed by atoms with Gasteiger partial charge in [-0.3, -0.25) is 4.74 Å². The SMILES string of the molecule is O=C(O)C(=O)OCOC(F)(F)F. The zero-order valence-electron chi connectivity index (χ0n) is 5.42. The van der Waals surface area contributed by atoms with Crippen LogP contribution in [0.3, 0.4) is 0 Å². The van der Waals surface area contributed by atoms with Crippen LogP contribution in [0.15, 0.2) is 0 Å². The van der Waals surface area contributed by atoms with Crippen molar-refractivity contribution in [2.45, 2.75) is 6.36 Å². The molecule has 12 heavy (non-hydrogen) atoms. The van der Waals surface area contributed by atoms with E-state index in [2.05, 4.69) is 9.47 Å². The second kappa shape index (κ2) is 3.90. The molecular weight excluding hydrogens is 185 g/mol. The minimum Gasteiger partial charge on any atom is -0.473 e. The van der Waals surface area contributed by atoms with Crippen LogP contribution in [0.1, 0.15) is 0 Å². The number of hydrogen-bond acceptors (Lipinski definition) is 4. The number of hydrogen-bond donors (Lipinski definition) is 1. The van der Waals surface area contributed by atoms with E-state index in [1.54, 1.807) is 0 Å². The molecule has 8 heteroatoms. The Hall–Kier alpha value is -1.31. The van der Waals surface area contributed by atoms with E-state index in [1.165, 1.54) is 0 Å². The minimum atomic E-state index is -4.95. The van der Waals surface area contributed by atoms with Gasteiger partial charge in [0.05, 0.1) is 0 Å². The van der Waals surface area contributed by atoms with E-state index < -0.39 is 25.1 Å². The first kappa shape index (κ1) is 10.7. The van der Waals surface area contributed by atoms with Crippen LogP contribution in [0.4, 0.5) is 13.2 Å². The predicted octanol–water partition coefficient (Wildman–Crippen LogP) is 0.108. The van der Waals surface area contributed by atoms with E-state index >= 15 is 0 Å². The molecule has 0 radical (unpaired) electrons. The summed E-state index contributed by atoms with van der Waals surface area (Å²) >= 11 is 0. The number of alkyl halides is 3. The molecule has 0 amide bonds. The first-order valence-corrected chi connectivity index (χ1v) is 2.43. The first-order chi connectivity index (χ1) is 5.33. The van der Waals surface area contributed by atoms with Crippen molar-refractivity contribution in [1.82, 2.24) is 0 Å². The van der Waals surface area contributed by atoms with Crippen LogP contribution in [0.5, 0.6) is 0 Å². The lowest BCUT2D eigenvalue weighted by Gasteiger charge is -2.05. The lowest BCUT2D eigenvalue weighted by atomic mass is 10.7. The van der Waals surface area contributed by atoms with Crippen molar-refractivity contribution in [1.29, 1.82) is 0 Å². The molecule has 0 aliphatic heterocycles. The molecule has 0 spiro atoms. The summed E-state index contributed by atoms with van der Waals surface area (Å²) in [5, 5.41) is 7.80. The number of carbonyl (C=O) groups is 2. The molecule has 0 unspecified atom stereocenters. The molecule has 70 valence electrons. The molecule has 1 N–H and O–H groups in total. The largest absolute Gasteiger partial charge is 0.525 e. The highest BCUT2D eigenvalue weighted by Gasteiger charge is 2.30. The molecule has 5 nitrogen and oxygen atoms in total. The molecular formula is C4H3F3O5. The zero-order chi connectivity index (χ0) is 9.78. The van der Waals surface area contributed by atoms with Gasteiger partial charge in [0.1, 0.15) is 0 Å². The molecule has 0 aliphatic rings. The smallest absolute Gasteiger partial charge is 0.473 e. The van der Waals surface area contributed by atoms with Crippen LogP contribution in [0, 0.1) is 0 Å². The summed E-state index contributed by atoms with van der Waals surface area (Å²) in [4.78, 5) is 19.6. The van der Waals surface area contributed by atoms with Gasteiger partial charge in [0.2, 0.25) is 6.79 Å². The first-order valence-electron chi connectivity index (χ1n) is 2.43. The quantitative estimate of drug-likeness (QED) is 0.378. The van der Waals surface area contributed by atoms with Gasteiger partial charge in [0.15, 0.2) is 0 Å². The Morgan fingerprint density at radius 2 is 1.83 bits per heavy atom. The zero-order valence-corrected chi connectivity index (χ0v) is 5.42. The van der Waals surface area contributed by atoms with Gasteiger partial charge in [0, 0.05) is 0 Å². The molecule has 0 saturated carbocycles. The van der Waals surface area contributed by atoms with Gasteiger partial charge in [-0.25, -0.2) is 9.59 Å². The van der Waals surface area contributed by atoms with Gasteiger partial charge in [-0.05, 0) is 0 Å². The fraction of sp³-hybridized carbons (Fsp3) is 0.500. The molecule has 0 fully saturated rings. The number of rotatable bonds is 2. The van der Waals surface area contributed by atoms with Gasteiger partial charge >= 0.3 is 18.3 Å². The average molecular weight is 188 g/mol. The summed E-state index contributed by atoms with van der Waals surface area (Å²) in [6.45, 7) is -1.46. The van der Waals surface area contributed by atoms with Gasteiger partial charge in [0.25, 0.3) is 0 Å². The third-order valence-electron chi connectivity index (χ3n) is 0.587. The predicted molar refractivity (Wildman–Crippen MR) is 25.7 cm³/mol. The number of aliphatic carboxylic acids is 1. The van der Waals surface area contributed by atoms with E-state index in [9.17, 15) is 22.8 Å². The highest BCUT2D eigenvalue weighted by Crippen LogP contribution is 2.15. The molecule has 0 heterocycles. The molecule has 0 aromatic rings. The molecule has 0 rings (SSSR count). The molecule has 0 aromatic heterocycles. The molecule has 0 atom stereocenters. The lowest BCUT2D eigenvalue weighted by Crippen LogP contribution is -2.22. The maximum absolute atomic E-state index is 11.1. The van der Waals surface area contributed by atoms with E-state index in [4.69, 9.17) is 5.11 Å². The fourth-order valence-electron chi connectivity index (χ4n) is 0.212. The number of carbonyl (C=O) groups excluding carboxylic acids is 1. The van der Waals surface area contributed by atoms with Crippen molar-refractivity contribution in [2.24, 2.45) is 0 Å². The van der Waals surface area contributed by atoms with Crippen LogP contribution in [-0.2, 0) is 19.1 Å². The number of esters is 1. The number of carboxylic acid groups (broad SMARTS) is 1. The fourth-order valence-corrected chi connectivity index (χ4v) is 0.212. The van der Waals surface area contributed by atoms with Crippen LogP contribution in [0.25, 0.3) is 0 Å². The highest BCUT2D eigenvalue weighted by atomic mass is 19.4. The number of ether oxygens (including phenoxy) is 2. The van der Waals surface area contributed by atoms with E-state index in [-0.39, 0.29) is 0 Å². The third kappa shape index (κ3) is 5.47. The molecule has 0 aliphatic carbocycles. The Labute approximate surface area is 63.7 Å². The third-order valence-corrected chi connectivity index (χ3v) is 0.587. The highest BCUT2D eigenvalue weighted by molar-refractivity contribution is 6.28. The Balaban J connectivity index is 3.58. The van der Waals surface area contributed by atoms with Crippen LogP contribution in [0.2, 0.25) is 0 Å². The van der Waals surface area contributed by atoms with Gasteiger partial charge < -0.3 is 9.84 Å². The van der Waals surface area contributed by atoms with Crippen molar-refractivity contribution in [2.75, 3.05) is 6.79 Å². The average Bonchev–Trinajstić information content (AvgIpc) is 1.84. The number of carboxylic acids is 1. The summed E-state index contributed by atoms with van der Waals surface area (Å²) in [5.74, 6) is -3.79. The Morgan fingerprint density at radius 3 is 2.17 bits per heavy atom. The van der Waals surface area contributed by atoms with E-state index in [0.717, 1.165) is 0 Å². The summed E-state index contributed by atoms with van der Waals surface area (Å²) in [6.07, 6.45) is -4.95. The Bertz CT molecular complexity index is 186. The Kier molecular flexibility index (Phi) is 3.48. The van der Waals surface area contributed by atoms with Crippen molar-refractivity contribution in [3.8, 4) is 0 Å². The monoisotopic (exact) mass is 188 g/mol. The summed E-state index contributed by atoms with van der Waals surface area (Å²) in [7, 11) is 0. The van der Waals surface area contributed by atoms with Crippen molar-refractivity contribution < 1.29 is 37.3 Å². The van der Waals surface area contributed by atoms with Crippen LogP contribution >= 0.6 is 0 Å². The minimum absolute atomic E-state index is 1.46. The lowest BCUT2D eigenvalue weighted by molar-refractivity contribution is -0.345. The molecule has 0 aromatic carbocycles. The van der Waals surface area contributed by atoms with Gasteiger partial charge in [-0.1, -0.05) is 0 Å². The maximum Gasteiger partial charge on any atom is 0.525 e. The normalized spacial score (nSPS) is 10.9. The van der Waals surface area contributed by atoms with Crippen LogP contribution < -0.4 is 0 Å². The van der Waals surface area contributed by atoms with Crippen molar-refractivity contribution in [3.05, 3.63) is 0 Å². The summed E-state index contributed by atoms with van der Waals surface area (Å²) in [6, 6.07) is 0. The second-order valence-corrected chi connectivity index (χ2v) is 1.44. The van der Waals surface area contributed by atoms with E-state index in [1.807, 2.05) is 0 Å². The molecule has 0 bridgehead atoms. The standard InChI is InChI=1S/C4H3F3O5/c5-4(6,7)12-1-11-3(10)2(8)9/h1H2,(H,8,9). The van der Waals surface area contributed by atoms with E-state index in [0.29, 0.717) is 0 Å². The summed E-state index contributed by atoms with van der Waals surface area (Å²) in [5.41, 5.74) is 0. The Morgan fingerprint density at radius 1 is 1.33 bits per heavy atom. The maximum atomic E-state index is 11.1. The topological polar surface area (TPSA) is 72.8 Å². The number of halogens is 3. The summed E-state index contributed by atoms with van der Waals surface area (Å²) < 4.78 is 39.9. The van der Waals surface area contributed by atoms with Crippen LogP contribution in [-0.4, -0.2) is 30.2 Å². The molecule has 0 saturated heterocycles. The van der Waals surface area contributed by atoms with Gasteiger partial charge in [-0.2, -0.15) is 0 Å².